The average Bonchev–Trinajstić information content (AvgIpc) is 3.26. The van der Waals surface area contributed by atoms with Gasteiger partial charge in [0.2, 0.25) is 0 Å². The Labute approximate surface area is 182 Å². The summed E-state index contributed by atoms with van der Waals surface area (Å²) in [5, 5.41) is 0. The molecule has 0 N–H and O–H groups in total. The molecule has 1 aliphatic rings. The van der Waals surface area contributed by atoms with Gasteiger partial charge in [0, 0.05) is 19.2 Å². The molecule has 28 heavy (non-hydrogen) atoms. The molecule has 1 saturated carbocycles. The molecular formula is C26H42S2. The van der Waals surface area contributed by atoms with Crippen LogP contribution in [-0.2, 0) is 12.8 Å². The van der Waals surface area contributed by atoms with Crippen LogP contribution in [0.25, 0.3) is 9.40 Å². The van der Waals surface area contributed by atoms with E-state index in [9.17, 15) is 0 Å². The van der Waals surface area contributed by atoms with Gasteiger partial charge in [-0.1, -0.05) is 90.9 Å². The van der Waals surface area contributed by atoms with Gasteiger partial charge in [0.25, 0.3) is 0 Å². The van der Waals surface area contributed by atoms with Crippen LogP contribution in [0.2, 0.25) is 0 Å². The van der Waals surface area contributed by atoms with Crippen LogP contribution in [0.1, 0.15) is 113 Å². The van der Waals surface area contributed by atoms with E-state index in [1.807, 2.05) is 0 Å². The second kappa shape index (κ2) is 12.4. The minimum Gasteiger partial charge on any atom is -0.139 e. The minimum absolute atomic E-state index is 1.00. The van der Waals surface area contributed by atoms with Gasteiger partial charge in [-0.3, -0.25) is 0 Å². The number of hydrogen-bond acceptors (Lipinski definition) is 2. The normalized spacial score (nSPS) is 20.2. The van der Waals surface area contributed by atoms with Crippen LogP contribution in [0, 0.1) is 11.8 Å². The Kier molecular flexibility index (Phi) is 9.88. The first-order chi connectivity index (χ1) is 13.8. The van der Waals surface area contributed by atoms with Crippen molar-refractivity contribution in [3.8, 4) is 0 Å². The lowest BCUT2D eigenvalue weighted by Crippen LogP contribution is -2.15. The Morgan fingerprint density at radius 2 is 1.18 bits per heavy atom. The maximum absolute atomic E-state index is 2.52. The summed E-state index contributed by atoms with van der Waals surface area (Å²) in [6.07, 6.45) is 22.8. The van der Waals surface area contributed by atoms with Crippen molar-refractivity contribution in [2.45, 2.75) is 117 Å². The standard InChI is InChI=1S/C26H42S2/c1-3-5-7-8-10-12-23-19-25-26(27-23)20-24(28-25)18-17-22-15-13-21(14-16-22)11-9-6-4-2/h19-22H,3-18H2,1-2H3/t21-,22-. The second-order valence-corrected chi connectivity index (χ2v) is 11.6. The predicted molar refractivity (Wildman–Crippen MR) is 130 cm³/mol. The Morgan fingerprint density at radius 1 is 0.643 bits per heavy atom. The highest BCUT2D eigenvalue weighted by atomic mass is 32.1. The minimum atomic E-state index is 1.00. The average molecular weight is 419 g/mol. The van der Waals surface area contributed by atoms with Crippen molar-refractivity contribution in [2.75, 3.05) is 0 Å². The first-order valence-corrected chi connectivity index (χ1v) is 13.9. The summed E-state index contributed by atoms with van der Waals surface area (Å²) in [6.45, 7) is 4.62. The Balaban J connectivity index is 1.35. The molecule has 0 unspecified atom stereocenters. The summed E-state index contributed by atoms with van der Waals surface area (Å²) < 4.78 is 3.12. The van der Waals surface area contributed by atoms with Gasteiger partial charge in [0.05, 0.1) is 0 Å². The summed E-state index contributed by atoms with van der Waals surface area (Å²) in [4.78, 5) is 3.26. The topological polar surface area (TPSA) is 0 Å². The van der Waals surface area contributed by atoms with Gasteiger partial charge < -0.3 is 0 Å². The van der Waals surface area contributed by atoms with Crippen molar-refractivity contribution in [3.05, 3.63) is 21.9 Å². The fraction of sp³-hybridized carbons (Fsp3) is 0.769. The predicted octanol–water partition coefficient (Wildman–Crippen LogP) is 9.79. The number of hydrogen-bond donors (Lipinski definition) is 0. The monoisotopic (exact) mass is 418 g/mol. The van der Waals surface area contributed by atoms with Crippen LogP contribution >= 0.6 is 22.7 Å². The fourth-order valence-corrected chi connectivity index (χ4v) is 7.43. The summed E-state index contributed by atoms with van der Waals surface area (Å²) in [5.74, 6) is 2.05. The zero-order chi connectivity index (χ0) is 19.6. The molecule has 0 nitrogen and oxygen atoms in total. The number of rotatable bonds is 13. The van der Waals surface area contributed by atoms with E-state index in [-0.39, 0.29) is 0 Å². The van der Waals surface area contributed by atoms with Gasteiger partial charge >= 0.3 is 0 Å². The van der Waals surface area contributed by atoms with Crippen LogP contribution in [0.15, 0.2) is 12.1 Å². The summed E-state index contributed by atoms with van der Waals surface area (Å²) in [6, 6.07) is 5.01. The molecule has 0 atom stereocenters. The zero-order valence-corrected chi connectivity index (χ0v) is 20.1. The van der Waals surface area contributed by atoms with Gasteiger partial charge in [0.15, 0.2) is 0 Å². The lowest BCUT2D eigenvalue weighted by molar-refractivity contribution is 0.249. The molecule has 0 aliphatic heterocycles. The molecule has 0 spiro atoms. The van der Waals surface area contributed by atoms with Crippen molar-refractivity contribution in [2.24, 2.45) is 11.8 Å². The third kappa shape index (κ3) is 7.17. The smallest absolute Gasteiger partial charge is 0.0456 e. The molecule has 0 bridgehead atoms. The highest BCUT2D eigenvalue weighted by molar-refractivity contribution is 7.27. The molecule has 1 fully saturated rings. The molecule has 2 heteroatoms. The van der Waals surface area contributed by atoms with Gasteiger partial charge in [-0.05, 0) is 49.7 Å². The van der Waals surface area contributed by atoms with Crippen LogP contribution < -0.4 is 0 Å². The highest BCUT2D eigenvalue weighted by Crippen LogP contribution is 2.37. The van der Waals surface area contributed by atoms with E-state index in [4.69, 9.17) is 0 Å². The van der Waals surface area contributed by atoms with E-state index in [0.29, 0.717) is 0 Å². The molecule has 3 rings (SSSR count). The molecule has 2 aromatic heterocycles. The number of unbranched alkanes of at least 4 members (excludes halogenated alkanes) is 6. The molecule has 0 amide bonds. The van der Waals surface area contributed by atoms with Gasteiger partial charge in [-0.15, -0.1) is 22.7 Å². The van der Waals surface area contributed by atoms with Crippen LogP contribution in [0.4, 0.5) is 0 Å². The molecule has 0 radical (unpaired) electrons. The van der Waals surface area contributed by atoms with Crippen LogP contribution in [0.5, 0.6) is 0 Å². The maximum atomic E-state index is 2.52. The van der Waals surface area contributed by atoms with E-state index < -0.39 is 0 Å². The Bertz CT molecular complexity index is 626. The molecule has 2 heterocycles. The van der Waals surface area contributed by atoms with Crippen molar-refractivity contribution in [1.82, 2.24) is 0 Å². The maximum Gasteiger partial charge on any atom is 0.0456 e. The molecular weight excluding hydrogens is 376 g/mol. The lowest BCUT2D eigenvalue weighted by atomic mass is 9.78. The van der Waals surface area contributed by atoms with Gasteiger partial charge in [-0.2, -0.15) is 0 Å². The lowest BCUT2D eigenvalue weighted by Gasteiger charge is -2.28. The van der Waals surface area contributed by atoms with E-state index in [1.54, 1.807) is 19.2 Å². The highest BCUT2D eigenvalue weighted by Gasteiger charge is 2.21. The quantitative estimate of drug-likeness (QED) is 0.284. The summed E-state index contributed by atoms with van der Waals surface area (Å²) >= 11 is 4.14. The molecule has 0 saturated heterocycles. The van der Waals surface area contributed by atoms with E-state index in [1.165, 1.54) is 103 Å². The molecule has 2 aromatic rings. The molecule has 158 valence electrons. The van der Waals surface area contributed by atoms with Crippen molar-refractivity contribution in [1.29, 1.82) is 0 Å². The first kappa shape index (κ1) is 22.3. The first-order valence-electron chi connectivity index (χ1n) is 12.3. The third-order valence-corrected chi connectivity index (χ3v) is 9.23. The number of aryl methyl sites for hydroxylation is 2. The largest absolute Gasteiger partial charge is 0.139 e. The third-order valence-electron chi connectivity index (χ3n) is 6.82. The molecule has 1 aliphatic carbocycles. The van der Waals surface area contributed by atoms with Crippen LogP contribution in [-0.4, -0.2) is 0 Å². The molecule has 0 aromatic carbocycles. The van der Waals surface area contributed by atoms with Gasteiger partial charge in [0.1, 0.15) is 0 Å². The summed E-state index contributed by atoms with van der Waals surface area (Å²) in [7, 11) is 0. The zero-order valence-electron chi connectivity index (χ0n) is 18.4. The Morgan fingerprint density at radius 3 is 1.82 bits per heavy atom. The van der Waals surface area contributed by atoms with E-state index in [2.05, 4.69) is 48.7 Å². The van der Waals surface area contributed by atoms with Crippen molar-refractivity contribution >= 4 is 32.1 Å². The second-order valence-electron chi connectivity index (χ2n) is 9.24. The number of fused-ring (bicyclic) bond motifs is 1. The summed E-state index contributed by atoms with van der Waals surface area (Å²) in [5.41, 5.74) is 0. The van der Waals surface area contributed by atoms with E-state index in [0.717, 1.165) is 11.8 Å². The van der Waals surface area contributed by atoms with Gasteiger partial charge in [-0.25, -0.2) is 0 Å². The van der Waals surface area contributed by atoms with E-state index >= 15 is 0 Å². The van der Waals surface area contributed by atoms with Crippen LogP contribution in [0.3, 0.4) is 0 Å². The van der Waals surface area contributed by atoms with Crippen molar-refractivity contribution < 1.29 is 0 Å². The SMILES string of the molecule is CCCCCCCc1cc2sc(CC[C@H]3CC[C@H](CCCCC)CC3)cc2s1. The number of thiophene rings is 2. The fourth-order valence-electron chi connectivity index (χ4n) is 4.92. The van der Waals surface area contributed by atoms with Crippen molar-refractivity contribution in [3.63, 3.8) is 0 Å². The Hall–Kier alpha value is -0.340.